The number of hydrogen-bond donors (Lipinski definition) is 2. The van der Waals surface area contributed by atoms with E-state index in [0.29, 0.717) is 18.1 Å². The van der Waals surface area contributed by atoms with E-state index in [2.05, 4.69) is 5.43 Å². The van der Waals surface area contributed by atoms with Gasteiger partial charge in [0.2, 0.25) is 0 Å². The van der Waals surface area contributed by atoms with Crippen molar-refractivity contribution in [3.8, 4) is 0 Å². The Balaban J connectivity index is 1.97. The molecule has 2 atom stereocenters. The molecule has 2 saturated carbocycles. The summed E-state index contributed by atoms with van der Waals surface area (Å²) in [6.07, 6.45) is 13.9. The number of hydrazine groups is 1. The first-order valence-electron chi connectivity index (χ1n) is 7.85. The zero-order valence-electron chi connectivity index (χ0n) is 11.9. The first-order valence-corrected chi connectivity index (χ1v) is 7.85. The minimum Gasteiger partial charge on any atom is -0.379 e. The predicted octanol–water partition coefficient (Wildman–Crippen LogP) is 2.99. The number of nitrogens with two attached hydrogens (primary N) is 1. The molecule has 0 aliphatic heterocycles. The van der Waals surface area contributed by atoms with Crippen LogP contribution in [-0.4, -0.2) is 19.3 Å². The van der Waals surface area contributed by atoms with Crippen LogP contribution in [0.15, 0.2) is 0 Å². The van der Waals surface area contributed by atoms with Crippen LogP contribution in [0.5, 0.6) is 0 Å². The van der Waals surface area contributed by atoms with Crippen LogP contribution in [0.3, 0.4) is 0 Å². The molecule has 0 amide bonds. The van der Waals surface area contributed by atoms with Crippen molar-refractivity contribution < 1.29 is 4.74 Å². The van der Waals surface area contributed by atoms with Crippen molar-refractivity contribution in [2.45, 2.75) is 76.4 Å². The molecule has 0 aromatic carbocycles. The second-order valence-electron chi connectivity index (χ2n) is 6.19. The lowest BCUT2D eigenvalue weighted by atomic mass is 9.75. The van der Waals surface area contributed by atoms with Gasteiger partial charge in [-0.3, -0.25) is 11.3 Å². The lowest BCUT2D eigenvalue weighted by Crippen LogP contribution is -2.53. The molecule has 2 fully saturated rings. The van der Waals surface area contributed by atoms with Gasteiger partial charge in [0.25, 0.3) is 0 Å². The maximum atomic E-state index is 5.86. The first-order chi connectivity index (χ1) is 8.86. The monoisotopic (exact) mass is 254 g/mol. The highest BCUT2D eigenvalue weighted by Gasteiger charge is 2.35. The van der Waals surface area contributed by atoms with Gasteiger partial charge in [-0.15, -0.1) is 0 Å². The van der Waals surface area contributed by atoms with E-state index in [9.17, 15) is 0 Å². The molecule has 3 N–H and O–H groups in total. The number of rotatable bonds is 5. The quantitative estimate of drug-likeness (QED) is 0.585. The summed E-state index contributed by atoms with van der Waals surface area (Å²) in [5.41, 5.74) is 3.10. The molecule has 3 nitrogen and oxygen atoms in total. The number of methoxy groups -OCH3 is 1. The fraction of sp³-hybridized carbons (Fsp3) is 1.00. The summed E-state index contributed by atoms with van der Waals surface area (Å²) in [5.74, 6) is 7.29. The van der Waals surface area contributed by atoms with Gasteiger partial charge in [-0.05, 0) is 37.5 Å². The number of hydrogen-bond acceptors (Lipinski definition) is 3. The molecule has 2 aliphatic carbocycles. The van der Waals surface area contributed by atoms with Crippen LogP contribution < -0.4 is 11.3 Å². The molecule has 3 heteroatoms. The van der Waals surface area contributed by atoms with Crippen molar-refractivity contribution in [1.82, 2.24) is 5.43 Å². The van der Waals surface area contributed by atoms with E-state index in [4.69, 9.17) is 10.6 Å². The third kappa shape index (κ3) is 3.46. The fourth-order valence-corrected chi connectivity index (χ4v) is 4.09. The second kappa shape index (κ2) is 7.46. The van der Waals surface area contributed by atoms with Crippen LogP contribution in [0, 0.1) is 11.8 Å². The normalized spacial score (nSPS) is 27.0. The largest absolute Gasteiger partial charge is 0.379 e. The minimum absolute atomic E-state index is 0.318. The van der Waals surface area contributed by atoms with Crippen LogP contribution in [0.4, 0.5) is 0 Å². The molecular weight excluding hydrogens is 224 g/mol. The predicted molar refractivity (Wildman–Crippen MR) is 75.1 cm³/mol. The van der Waals surface area contributed by atoms with Gasteiger partial charge in [-0.1, -0.05) is 38.5 Å². The summed E-state index contributed by atoms with van der Waals surface area (Å²) >= 11 is 0. The topological polar surface area (TPSA) is 47.3 Å². The van der Waals surface area contributed by atoms with Crippen molar-refractivity contribution >= 4 is 0 Å². The van der Waals surface area contributed by atoms with Gasteiger partial charge in [0.1, 0.15) is 0 Å². The SMILES string of the molecule is COC(C1CCCCC1)C(NN)C1CCCCC1. The molecular formula is C15H30N2O. The average Bonchev–Trinajstić information content (AvgIpc) is 2.46. The molecule has 0 radical (unpaired) electrons. The van der Waals surface area contributed by atoms with Crippen molar-refractivity contribution in [1.29, 1.82) is 0 Å². The highest BCUT2D eigenvalue weighted by atomic mass is 16.5. The Bertz CT molecular complexity index is 199. The van der Waals surface area contributed by atoms with E-state index in [1.807, 2.05) is 7.11 Å². The third-order valence-electron chi connectivity index (χ3n) is 5.09. The summed E-state index contributed by atoms with van der Waals surface area (Å²) in [5, 5.41) is 0. The van der Waals surface area contributed by atoms with E-state index in [0.717, 1.165) is 5.92 Å². The minimum atomic E-state index is 0.318. The molecule has 2 aliphatic rings. The Labute approximate surface area is 112 Å². The van der Waals surface area contributed by atoms with Gasteiger partial charge in [-0.25, -0.2) is 0 Å². The Hall–Kier alpha value is -0.120. The van der Waals surface area contributed by atoms with Crippen LogP contribution in [-0.2, 0) is 4.74 Å². The first kappa shape index (κ1) is 14.3. The maximum absolute atomic E-state index is 5.86. The summed E-state index contributed by atoms with van der Waals surface area (Å²) in [7, 11) is 1.87. The zero-order chi connectivity index (χ0) is 12.8. The summed E-state index contributed by atoms with van der Waals surface area (Å²) in [6.45, 7) is 0. The van der Waals surface area contributed by atoms with Gasteiger partial charge < -0.3 is 4.74 Å². The summed E-state index contributed by atoms with van der Waals surface area (Å²) in [4.78, 5) is 0. The van der Waals surface area contributed by atoms with E-state index < -0.39 is 0 Å². The highest BCUT2D eigenvalue weighted by molar-refractivity contribution is 4.89. The molecule has 2 rings (SSSR count). The van der Waals surface area contributed by atoms with Crippen LogP contribution in [0.2, 0.25) is 0 Å². The van der Waals surface area contributed by atoms with Crippen molar-refractivity contribution in [2.75, 3.05) is 7.11 Å². The standard InChI is InChI=1S/C15H30N2O/c1-18-15(13-10-6-3-7-11-13)14(17-16)12-8-4-2-5-9-12/h12-15,17H,2-11,16H2,1H3. The molecule has 0 spiro atoms. The molecule has 2 unspecified atom stereocenters. The molecule has 0 aromatic heterocycles. The Kier molecular flexibility index (Phi) is 5.93. The molecule has 0 aromatic rings. The maximum Gasteiger partial charge on any atom is 0.0768 e. The molecule has 0 bridgehead atoms. The van der Waals surface area contributed by atoms with Gasteiger partial charge in [0.05, 0.1) is 12.1 Å². The van der Waals surface area contributed by atoms with Crippen LogP contribution in [0.1, 0.15) is 64.2 Å². The lowest BCUT2D eigenvalue weighted by molar-refractivity contribution is -0.0129. The zero-order valence-corrected chi connectivity index (χ0v) is 11.9. The third-order valence-corrected chi connectivity index (χ3v) is 5.09. The van der Waals surface area contributed by atoms with E-state index >= 15 is 0 Å². The van der Waals surface area contributed by atoms with Gasteiger partial charge in [-0.2, -0.15) is 0 Å². The van der Waals surface area contributed by atoms with E-state index in [-0.39, 0.29) is 0 Å². The average molecular weight is 254 g/mol. The van der Waals surface area contributed by atoms with Crippen molar-refractivity contribution in [3.05, 3.63) is 0 Å². The van der Waals surface area contributed by atoms with E-state index in [1.165, 1.54) is 64.2 Å². The number of nitrogens with one attached hydrogen (secondary N) is 1. The Morgan fingerprint density at radius 2 is 1.39 bits per heavy atom. The molecule has 0 heterocycles. The second-order valence-corrected chi connectivity index (χ2v) is 6.19. The smallest absolute Gasteiger partial charge is 0.0768 e. The number of ether oxygens (including phenoxy) is 1. The lowest BCUT2D eigenvalue weighted by Gasteiger charge is -2.39. The highest BCUT2D eigenvalue weighted by Crippen LogP contribution is 2.34. The summed E-state index contributed by atoms with van der Waals surface area (Å²) in [6, 6.07) is 0.360. The van der Waals surface area contributed by atoms with Gasteiger partial charge >= 0.3 is 0 Å². The Morgan fingerprint density at radius 1 is 0.889 bits per heavy atom. The molecule has 18 heavy (non-hydrogen) atoms. The van der Waals surface area contributed by atoms with Gasteiger partial charge in [0.15, 0.2) is 0 Å². The van der Waals surface area contributed by atoms with Crippen LogP contribution in [0.25, 0.3) is 0 Å². The van der Waals surface area contributed by atoms with Gasteiger partial charge in [0, 0.05) is 7.11 Å². The molecule has 0 saturated heterocycles. The Morgan fingerprint density at radius 3 is 1.83 bits per heavy atom. The van der Waals surface area contributed by atoms with Crippen molar-refractivity contribution in [2.24, 2.45) is 17.7 Å². The summed E-state index contributed by atoms with van der Waals surface area (Å²) < 4.78 is 5.85. The van der Waals surface area contributed by atoms with Crippen molar-refractivity contribution in [3.63, 3.8) is 0 Å². The fourth-order valence-electron chi connectivity index (χ4n) is 4.09. The van der Waals surface area contributed by atoms with E-state index in [1.54, 1.807) is 0 Å². The molecule has 106 valence electrons. The van der Waals surface area contributed by atoms with Crippen LogP contribution >= 0.6 is 0 Å².